The third-order valence-corrected chi connectivity index (χ3v) is 3.43. The number of ether oxygens (including phenoxy) is 3. The Labute approximate surface area is 138 Å². The zero-order valence-corrected chi connectivity index (χ0v) is 13.4. The molecule has 0 aliphatic heterocycles. The topological polar surface area (TPSA) is 61.8 Å². The van der Waals surface area contributed by atoms with Gasteiger partial charge in [0.15, 0.2) is 6.61 Å². The monoisotopic (exact) mass is 334 g/mol. The number of carbonyl (C=O) groups excluding carboxylic acids is 2. The Kier molecular flexibility index (Phi) is 5.60. The maximum Gasteiger partial charge on any atom is 0.338 e. The highest BCUT2D eigenvalue weighted by molar-refractivity contribution is 6.34. The molecule has 0 saturated heterocycles. The second-order valence-electron chi connectivity index (χ2n) is 4.58. The number of esters is 1. The zero-order valence-electron chi connectivity index (χ0n) is 12.7. The van der Waals surface area contributed by atoms with Gasteiger partial charge in [-0.15, -0.1) is 0 Å². The number of Topliss-reactive ketones (excluding diaryl/α,β-unsaturated/α-hetero) is 1. The van der Waals surface area contributed by atoms with E-state index >= 15 is 0 Å². The van der Waals surface area contributed by atoms with Crippen molar-refractivity contribution in [2.45, 2.75) is 0 Å². The van der Waals surface area contributed by atoms with E-state index in [1.54, 1.807) is 30.3 Å². The van der Waals surface area contributed by atoms with E-state index in [0.29, 0.717) is 22.1 Å². The normalized spacial score (nSPS) is 10.0. The van der Waals surface area contributed by atoms with Gasteiger partial charge in [0.05, 0.1) is 24.8 Å². The van der Waals surface area contributed by atoms with Crippen molar-refractivity contribution in [1.29, 1.82) is 0 Å². The molecule has 0 aromatic heterocycles. The summed E-state index contributed by atoms with van der Waals surface area (Å²) in [6.45, 7) is -0.401. The molecule has 0 atom stereocenters. The lowest BCUT2D eigenvalue weighted by molar-refractivity contribution is 0.0474. The number of halogens is 1. The molecule has 5 nitrogen and oxygen atoms in total. The first-order valence-corrected chi connectivity index (χ1v) is 7.11. The Morgan fingerprint density at radius 1 is 1.00 bits per heavy atom. The summed E-state index contributed by atoms with van der Waals surface area (Å²) >= 11 is 5.94. The van der Waals surface area contributed by atoms with Crippen molar-refractivity contribution in [3.05, 3.63) is 58.6 Å². The summed E-state index contributed by atoms with van der Waals surface area (Å²) in [7, 11) is 2.95. The summed E-state index contributed by atoms with van der Waals surface area (Å²) in [5.41, 5.74) is 0.540. The van der Waals surface area contributed by atoms with Gasteiger partial charge >= 0.3 is 5.97 Å². The van der Waals surface area contributed by atoms with Gasteiger partial charge < -0.3 is 14.2 Å². The number of methoxy groups -OCH3 is 2. The minimum absolute atomic E-state index is 0.230. The number of carbonyl (C=O) groups is 2. The highest BCUT2D eigenvalue weighted by Gasteiger charge is 2.15. The maximum atomic E-state index is 12.1. The fraction of sp³-hybridized carbons (Fsp3) is 0.176. The van der Waals surface area contributed by atoms with Gasteiger partial charge in [-0.25, -0.2) is 4.79 Å². The van der Waals surface area contributed by atoms with E-state index in [1.165, 1.54) is 26.4 Å². The number of hydrogen-bond donors (Lipinski definition) is 0. The predicted octanol–water partition coefficient (Wildman–Crippen LogP) is 3.40. The van der Waals surface area contributed by atoms with E-state index in [0.717, 1.165) is 0 Å². The second kappa shape index (κ2) is 7.65. The molecule has 6 heteroatoms. The minimum atomic E-state index is -0.650. The standard InChI is InChI=1S/C17H15ClO5/c1-21-12-7-11(8-13(9-12)22-2)17(20)23-10-16(19)14-5-3-4-6-15(14)18/h3-9H,10H2,1-2H3. The van der Waals surface area contributed by atoms with Crippen LogP contribution in [0, 0.1) is 0 Å². The Balaban J connectivity index is 2.08. The van der Waals surface area contributed by atoms with E-state index < -0.39 is 12.6 Å². The molecule has 0 saturated carbocycles. The smallest absolute Gasteiger partial charge is 0.338 e. The Hall–Kier alpha value is -2.53. The molecular formula is C17H15ClO5. The van der Waals surface area contributed by atoms with Crippen LogP contribution in [0.25, 0.3) is 0 Å². The molecule has 0 N–H and O–H groups in total. The average Bonchev–Trinajstić information content (AvgIpc) is 2.59. The molecule has 120 valence electrons. The van der Waals surface area contributed by atoms with Crippen molar-refractivity contribution < 1.29 is 23.8 Å². The molecule has 0 heterocycles. The van der Waals surface area contributed by atoms with E-state index in [9.17, 15) is 9.59 Å². The number of benzene rings is 2. The quantitative estimate of drug-likeness (QED) is 0.598. The number of rotatable bonds is 6. The SMILES string of the molecule is COc1cc(OC)cc(C(=O)OCC(=O)c2ccccc2Cl)c1. The van der Waals surface area contributed by atoms with Crippen LogP contribution in [0.2, 0.25) is 5.02 Å². The molecule has 2 aromatic rings. The lowest BCUT2D eigenvalue weighted by Crippen LogP contribution is -2.14. The van der Waals surface area contributed by atoms with Crippen LogP contribution in [0.4, 0.5) is 0 Å². The molecule has 2 aromatic carbocycles. The van der Waals surface area contributed by atoms with Gasteiger partial charge in [-0.3, -0.25) is 4.79 Å². The third kappa shape index (κ3) is 4.23. The Morgan fingerprint density at radius 2 is 1.61 bits per heavy atom. The molecular weight excluding hydrogens is 320 g/mol. The lowest BCUT2D eigenvalue weighted by atomic mass is 10.1. The maximum absolute atomic E-state index is 12.1. The van der Waals surface area contributed by atoms with Crippen LogP contribution < -0.4 is 9.47 Å². The van der Waals surface area contributed by atoms with Gasteiger partial charge in [-0.1, -0.05) is 23.7 Å². The second-order valence-corrected chi connectivity index (χ2v) is 4.99. The summed E-state index contributed by atoms with van der Waals surface area (Å²) in [5.74, 6) is -0.121. The fourth-order valence-corrected chi connectivity index (χ4v) is 2.15. The first kappa shape index (κ1) is 16.8. The summed E-state index contributed by atoms with van der Waals surface area (Å²) < 4.78 is 15.2. The molecule has 0 amide bonds. The van der Waals surface area contributed by atoms with Crippen LogP contribution in [0.15, 0.2) is 42.5 Å². The van der Waals surface area contributed by atoms with E-state index in [2.05, 4.69) is 0 Å². The molecule has 0 aliphatic rings. The van der Waals surface area contributed by atoms with Crippen LogP contribution in [-0.2, 0) is 4.74 Å². The number of hydrogen-bond acceptors (Lipinski definition) is 5. The lowest BCUT2D eigenvalue weighted by Gasteiger charge is -2.09. The van der Waals surface area contributed by atoms with Crippen molar-refractivity contribution >= 4 is 23.4 Å². The van der Waals surface area contributed by atoms with Gasteiger partial charge in [-0.05, 0) is 24.3 Å². The highest BCUT2D eigenvalue weighted by atomic mass is 35.5. The molecule has 0 unspecified atom stereocenters. The molecule has 23 heavy (non-hydrogen) atoms. The van der Waals surface area contributed by atoms with Crippen molar-refractivity contribution in [2.75, 3.05) is 20.8 Å². The van der Waals surface area contributed by atoms with Crippen LogP contribution >= 0.6 is 11.6 Å². The van der Waals surface area contributed by atoms with Gasteiger partial charge in [0.1, 0.15) is 11.5 Å². The third-order valence-electron chi connectivity index (χ3n) is 3.10. The molecule has 2 rings (SSSR count). The van der Waals surface area contributed by atoms with E-state index in [4.69, 9.17) is 25.8 Å². The largest absolute Gasteiger partial charge is 0.497 e. The minimum Gasteiger partial charge on any atom is -0.497 e. The summed E-state index contributed by atoms with van der Waals surface area (Å²) in [6.07, 6.45) is 0. The van der Waals surface area contributed by atoms with Crippen molar-refractivity contribution in [3.63, 3.8) is 0 Å². The van der Waals surface area contributed by atoms with Crippen molar-refractivity contribution in [1.82, 2.24) is 0 Å². The summed E-state index contributed by atoms with van der Waals surface area (Å²) in [4.78, 5) is 24.1. The van der Waals surface area contributed by atoms with Gasteiger partial charge in [0.2, 0.25) is 5.78 Å². The summed E-state index contributed by atoms with van der Waals surface area (Å²) in [5, 5.41) is 0.316. The first-order valence-electron chi connectivity index (χ1n) is 6.73. The van der Waals surface area contributed by atoms with E-state index in [-0.39, 0.29) is 11.3 Å². The van der Waals surface area contributed by atoms with Crippen LogP contribution in [-0.4, -0.2) is 32.6 Å². The van der Waals surface area contributed by atoms with Crippen LogP contribution in [0.3, 0.4) is 0 Å². The zero-order chi connectivity index (χ0) is 16.8. The molecule has 0 radical (unpaired) electrons. The number of ketones is 1. The van der Waals surface area contributed by atoms with Crippen molar-refractivity contribution in [3.8, 4) is 11.5 Å². The summed E-state index contributed by atoms with van der Waals surface area (Å²) in [6, 6.07) is 11.2. The average molecular weight is 335 g/mol. The fourth-order valence-electron chi connectivity index (χ4n) is 1.90. The van der Waals surface area contributed by atoms with Gasteiger partial charge in [0.25, 0.3) is 0 Å². The van der Waals surface area contributed by atoms with Gasteiger partial charge in [0, 0.05) is 11.6 Å². The molecule has 0 fully saturated rings. The molecule has 0 spiro atoms. The van der Waals surface area contributed by atoms with Crippen molar-refractivity contribution in [2.24, 2.45) is 0 Å². The predicted molar refractivity (Wildman–Crippen MR) is 85.6 cm³/mol. The Bertz CT molecular complexity index is 704. The van der Waals surface area contributed by atoms with Crippen LogP contribution in [0.1, 0.15) is 20.7 Å². The molecule has 0 aliphatic carbocycles. The highest BCUT2D eigenvalue weighted by Crippen LogP contribution is 2.23. The first-order chi connectivity index (χ1) is 11.0. The van der Waals surface area contributed by atoms with Crippen LogP contribution in [0.5, 0.6) is 11.5 Å². The van der Waals surface area contributed by atoms with E-state index in [1.807, 2.05) is 0 Å². The Morgan fingerprint density at radius 3 is 2.17 bits per heavy atom. The molecule has 0 bridgehead atoms. The van der Waals surface area contributed by atoms with Gasteiger partial charge in [-0.2, -0.15) is 0 Å².